The molecule has 24 heavy (non-hydrogen) atoms. The molecular weight excluding hydrogens is 298 g/mol. The van der Waals surface area contributed by atoms with Crippen molar-refractivity contribution in [1.29, 1.82) is 0 Å². The molecule has 4 heteroatoms. The first-order valence-electron chi connectivity index (χ1n) is 8.41. The molecule has 3 rings (SSSR count). The van der Waals surface area contributed by atoms with Gasteiger partial charge in [-0.15, -0.1) is 10.2 Å². The van der Waals surface area contributed by atoms with E-state index in [0.29, 0.717) is 17.7 Å². The lowest BCUT2D eigenvalue weighted by Gasteiger charge is -2.11. The van der Waals surface area contributed by atoms with Crippen molar-refractivity contribution in [2.75, 3.05) is 11.9 Å². The number of hydrogen-bond acceptors (Lipinski definition) is 4. The van der Waals surface area contributed by atoms with Crippen LogP contribution in [0.4, 0.5) is 5.69 Å². The van der Waals surface area contributed by atoms with Gasteiger partial charge < -0.3 is 9.73 Å². The van der Waals surface area contributed by atoms with Crippen molar-refractivity contribution in [3.8, 4) is 22.9 Å². The maximum Gasteiger partial charge on any atom is 0.248 e. The second kappa shape index (κ2) is 7.30. The third-order valence-electron chi connectivity index (χ3n) is 4.28. The Morgan fingerprint density at radius 3 is 2.42 bits per heavy atom. The van der Waals surface area contributed by atoms with Crippen LogP contribution in [0.25, 0.3) is 22.9 Å². The molecule has 1 atom stereocenters. The van der Waals surface area contributed by atoms with Crippen molar-refractivity contribution in [3.05, 3.63) is 54.1 Å². The van der Waals surface area contributed by atoms with E-state index in [1.165, 1.54) is 6.42 Å². The molecule has 0 aliphatic rings. The minimum Gasteiger partial charge on any atom is -0.416 e. The summed E-state index contributed by atoms with van der Waals surface area (Å²) in [5, 5.41) is 11.8. The minimum absolute atomic E-state index is 0.543. The summed E-state index contributed by atoms with van der Waals surface area (Å²) in [6.45, 7) is 7.47. The van der Waals surface area contributed by atoms with Crippen LogP contribution in [0.2, 0.25) is 0 Å². The summed E-state index contributed by atoms with van der Waals surface area (Å²) in [6, 6.07) is 16.1. The van der Waals surface area contributed by atoms with Gasteiger partial charge in [-0.2, -0.15) is 0 Å². The molecule has 0 bridgehead atoms. The number of rotatable bonds is 6. The maximum absolute atomic E-state index is 5.85. The molecule has 0 spiro atoms. The van der Waals surface area contributed by atoms with Crippen molar-refractivity contribution >= 4 is 5.69 Å². The van der Waals surface area contributed by atoms with Crippen LogP contribution in [-0.4, -0.2) is 16.7 Å². The van der Waals surface area contributed by atoms with Crippen LogP contribution in [0.1, 0.15) is 25.8 Å². The van der Waals surface area contributed by atoms with Gasteiger partial charge in [-0.25, -0.2) is 0 Å². The molecule has 1 aromatic heterocycles. The van der Waals surface area contributed by atoms with E-state index in [1.54, 1.807) is 0 Å². The van der Waals surface area contributed by atoms with Gasteiger partial charge in [0.25, 0.3) is 0 Å². The summed E-state index contributed by atoms with van der Waals surface area (Å²) in [5.74, 6) is 1.76. The minimum atomic E-state index is 0.543. The molecule has 0 fully saturated rings. The molecule has 0 saturated heterocycles. The molecule has 0 aliphatic heterocycles. The summed E-state index contributed by atoms with van der Waals surface area (Å²) in [7, 11) is 0. The predicted octanol–water partition coefficient (Wildman–Crippen LogP) is 5.17. The highest BCUT2D eigenvalue weighted by Crippen LogP contribution is 2.26. The van der Waals surface area contributed by atoms with Gasteiger partial charge >= 0.3 is 0 Å². The predicted molar refractivity (Wildman–Crippen MR) is 97.9 cm³/mol. The second-order valence-corrected chi connectivity index (χ2v) is 6.20. The summed E-state index contributed by atoms with van der Waals surface area (Å²) >= 11 is 0. The standard InChI is InChI=1S/C20H23N3O/c1-4-14(2)13-21-17-11-9-16(10-12-17)19-22-23-20(24-19)18-8-6-5-7-15(18)3/h5-12,14,21H,4,13H2,1-3H3. The monoisotopic (exact) mass is 321 g/mol. The lowest BCUT2D eigenvalue weighted by atomic mass is 10.1. The highest BCUT2D eigenvalue weighted by molar-refractivity contribution is 5.62. The van der Waals surface area contributed by atoms with E-state index in [-0.39, 0.29) is 0 Å². The Morgan fingerprint density at radius 1 is 1.00 bits per heavy atom. The fourth-order valence-electron chi connectivity index (χ4n) is 2.43. The zero-order valence-corrected chi connectivity index (χ0v) is 14.4. The zero-order valence-electron chi connectivity index (χ0n) is 14.4. The Labute approximate surface area is 142 Å². The molecule has 2 aromatic carbocycles. The molecule has 124 valence electrons. The van der Waals surface area contributed by atoms with Crippen LogP contribution in [0.15, 0.2) is 52.9 Å². The smallest absolute Gasteiger partial charge is 0.248 e. The Bertz CT molecular complexity index is 793. The zero-order chi connectivity index (χ0) is 16.9. The van der Waals surface area contributed by atoms with E-state index in [9.17, 15) is 0 Å². The van der Waals surface area contributed by atoms with E-state index >= 15 is 0 Å². The molecular formula is C20H23N3O. The number of aryl methyl sites for hydroxylation is 1. The van der Waals surface area contributed by atoms with Crippen molar-refractivity contribution in [3.63, 3.8) is 0 Å². The lowest BCUT2D eigenvalue weighted by Crippen LogP contribution is -2.09. The van der Waals surface area contributed by atoms with Crippen molar-refractivity contribution in [1.82, 2.24) is 10.2 Å². The highest BCUT2D eigenvalue weighted by Gasteiger charge is 2.12. The molecule has 1 heterocycles. The van der Waals surface area contributed by atoms with Gasteiger partial charge in [-0.3, -0.25) is 0 Å². The quantitative estimate of drug-likeness (QED) is 0.680. The van der Waals surface area contributed by atoms with Crippen molar-refractivity contribution in [2.24, 2.45) is 5.92 Å². The van der Waals surface area contributed by atoms with Crippen LogP contribution in [0, 0.1) is 12.8 Å². The SMILES string of the molecule is CCC(C)CNc1ccc(-c2nnc(-c3ccccc3C)o2)cc1. The Hall–Kier alpha value is -2.62. The molecule has 4 nitrogen and oxygen atoms in total. The number of anilines is 1. The first kappa shape index (κ1) is 16.2. The summed E-state index contributed by atoms with van der Waals surface area (Å²) in [4.78, 5) is 0. The van der Waals surface area contributed by atoms with Crippen LogP contribution in [0.5, 0.6) is 0 Å². The van der Waals surface area contributed by atoms with E-state index in [0.717, 1.165) is 28.9 Å². The fraction of sp³-hybridized carbons (Fsp3) is 0.300. The van der Waals surface area contributed by atoms with Crippen molar-refractivity contribution < 1.29 is 4.42 Å². The molecule has 0 radical (unpaired) electrons. The van der Waals surface area contributed by atoms with E-state index < -0.39 is 0 Å². The van der Waals surface area contributed by atoms with E-state index in [2.05, 4.69) is 41.5 Å². The molecule has 0 amide bonds. The highest BCUT2D eigenvalue weighted by atomic mass is 16.4. The van der Waals surface area contributed by atoms with Crippen LogP contribution < -0.4 is 5.32 Å². The topological polar surface area (TPSA) is 51.0 Å². The van der Waals surface area contributed by atoms with Crippen LogP contribution >= 0.6 is 0 Å². The largest absolute Gasteiger partial charge is 0.416 e. The average Bonchev–Trinajstić information content (AvgIpc) is 3.10. The number of aromatic nitrogens is 2. The van der Waals surface area contributed by atoms with Crippen LogP contribution in [0.3, 0.4) is 0 Å². The number of hydrogen-bond donors (Lipinski definition) is 1. The van der Waals surface area contributed by atoms with Gasteiger partial charge in [0, 0.05) is 23.4 Å². The number of nitrogens with zero attached hydrogens (tertiary/aromatic N) is 2. The summed E-state index contributed by atoms with van der Waals surface area (Å²) in [5.41, 5.74) is 4.13. The normalized spacial score (nSPS) is 12.1. The Balaban J connectivity index is 1.75. The van der Waals surface area contributed by atoms with Gasteiger partial charge in [0.05, 0.1) is 0 Å². The van der Waals surface area contributed by atoms with Crippen molar-refractivity contribution in [2.45, 2.75) is 27.2 Å². The van der Waals surface area contributed by atoms with Gasteiger partial charge in [0.15, 0.2) is 0 Å². The molecule has 0 aliphatic carbocycles. The van der Waals surface area contributed by atoms with Gasteiger partial charge in [-0.05, 0) is 48.7 Å². The maximum atomic E-state index is 5.85. The first-order chi connectivity index (χ1) is 11.7. The Kier molecular flexibility index (Phi) is 4.94. The second-order valence-electron chi connectivity index (χ2n) is 6.20. The van der Waals surface area contributed by atoms with E-state index in [4.69, 9.17) is 4.42 Å². The van der Waals surface area contributed by atoms with Gasteiger partial charge in [0.1, 0.15) is 0 Å². The first-order valence-corrected chi connectivity index (χ1v) is 8.41. The third-order valence-corrected chi connectivity index (χ3v) is 4.28. The van der Waals surface area contributed by atoms with E-state index in [1.807, 2.05) is 43.3 Å². The number of benzene rings is 2. The molecule has 1 N–H and O–H groups in total. The van der Waals surface area contributed by atoms with Gasteiger partial charge in [0.2, 0.25) is 11.8 Å². The summed E-state index contributed by atoms with van der Waals surface area (Å²) < 4.78 is 5.85. The third kappa shape index (κ3) is 3.65. The molecule has 1 unspecified atom stereocenters. The average molecular weight is 321 g/mol. The summed E-state index contributed by atoms with van der Waals surface area (Å²) in [6.07, 6.45) is 1.18. The van der Waals surface area contributed by atoms with Crippen LogP contribution in [-0.2, 0) is 0 Å². The molecule has 3 aromatic rings. The Morgan fingerprint density at radius 2 is 1.71 bits per heavy atom. The van der Waals surface area contributed by atoms with Gasteiger partial charge in [-0.1, -0.05) is 38.5 Å². The molecule has 0 saturated carbocycles. The number of nitrogens with one attached hydrogen (secondary N) is 1. The lowest BCUT2D eigenvalue weighted by molar-refractivity contribution is 0.584. The fourth-order valence-corrected chi connectivity index (χ4v) is 2.43.